The van der Waals surface area contributed by atoms with Crippen LogP contribution in [0.2, 0.25) is 0 Å². The van der Waals surface area contributed by atoms with Crippen LogP contribution in [0.15, 0.2) is 0 Å². The Morgan fingerprint density at radius 1 is 0.280 bits per heavy atom. The van der Waals surface area contributed by atoms with Gasteiger partial charge in [-0.15, -0.1) is 0 Å². The molecule has 0 bridgehead atoms. The summed E-state index contributed by atoms with van der Waals surface area (Å²) in [6, 6.07) is 0. The van der Waals surface area contributed by atoms with Crippen molar-refractivity contribution in [2.24, 2.45) is 0 Å². The molecule has 0 aromatic carbocycles. The summed E-state index contributed by atoms with van der Waals surface area (Å²) in [7, 11) is 0. The van der Waals surface area contributed by atoms with Gasteiger partial charge in [0, 0.05) is 23.9 Å². The van der Waals surface area contributed by atoms with E-state index in [0.29, 0.717) is 0 Å². The SMILES string of the molecule is CCCCCCCCCC(=O)[O-].CCCCCCCCCC(=O)[O-].CCCCCCCCCC(=O)[O-].CCCCCCCCCC(=O)[O-].[Co+2].[Fe+2]. The smallest absolute Gasteiger partial charge is 0.550 e. The van der Waals surface area contributed by atoms with Gasteiger partial charge in [-0.1, -0.05) is 182 Å². The molecule has 0 saturated heterocycles. The Kier molecular flexibility index (Phi) is 69.8. The van der Waals surface area contributed by atoms with Gasteiger partial charge in [-0.2, -0.15) is 0 Å². The molecule has 1 radical (unpaired) electrons. The van der Waals surface area contributed by atoms with Gasteiger partial charge in [0.05, 0.1) is 0 Å². The fourth-order valence-corrected chi connectivity index (χ4v) is 4.91. The largest absolute Gasteiger partial charge is 2.00 e. The molecule has 0 amide bonds. The van der Waals surface area contributed by atoms with Gasteiger partial charge < -0.3 is 39.6 Å². The van der Waals surface area contributed by atoms with Crippen LogP contribution in [0.25, 0.3) is 0 Å². The summed E-state index contributed by atoms with van der Waals surface area (Å²) in [6.45, 7) is 8.76. The van der Waals surface area contributed by atoms with E-state index in [1.807, 2.05) is 0 Å². The van der Waals surface area contributed by atoms with Crippen molar-refractivity contribution >= 4 is 23.9 Å². The van der Waals surface area contributed by atoms with Crippen LogP contribution in [-0.2, 0) is 53.0 Å². The van der Waals surface area contributed by atoms with E-state index in [4.69, 9.17) is 0 Å². The van der Waals surface area contributed by atoms with Crippen LogP contribution in [0.1, 0.15) is 233 Å². The third-order valence-corrected chi connectivity index (χ3v) is 7.94. The maximum atomic E-state index is 10.0. The summed E-state index contributed by atoms with van der Waals surface area (Å²) in [4.78, 5) is 40.1. The van der Waals surface area contributed by atoms with E-state index in [9.17, 15) is 39.6 Å². The number of hydrogen-bond donors (Lipinski definition) is 0. The summed E-state index contributed by atoms with van der Waals surface area (Å²) in [5, 5.41) is 40.1. The number of carbonyl (C=O) groups excluding carboxylic acids is 4. The van der Waals surface area contributed by atoms with Gasteiger partial charge >= 0.3 is 33.8 Å². The van der Waals surface area contributed by atoms with Crippen molar-refractivity contribution in [1.82, 2.24) is 0 Å². The van der Waals surface area contributed by atoms with Crippen LogP contribution in [0.5, 0.6) is 0 Å². The summed E-state index contributed by atoms with van der Waals surface area (Å²) in [5.74, 6) is -3.65. The molecule has 50 heavy (non-hydrogen) atoms. The van der Waals surface area contributed by atoms with Gasteiger partial charge in [-0.25, -0.2) is 0 Å². The molecule has 0 N–H and O–H groups in total. The predicted octanol–water partition coefficient (Wildman–Crippen LogP) is 7.50. The summed E-state index contributed by atoms with van der Waals surface area (Å²) < 4.78 is 0. The minimum Gasteiger partial charge on any atom is -0.550 e. The van der Waals surface area contributed by atoms with Crippen molar-refractivity contribution in [3.8, 4) is 0 Å². The summed E-state index contributed by atoms with van der Waals surface area (Å²) in [6.07, 6.45) is 33.4. The van der Waals surface area contributed by atoms with Gasteiger partial charge in [0.15, 0.2) is 0 Å². The molecule has 0 rings (SSSR count). The normalized spacial score (nSPS) is 9.68. The standard InChI is InChI=1S/4C10H20O2.Co.Fe/c4*1-2-3-4-5-6-7-8-9-10(11)12;;/h4*2-9H2,1H3,(H,11,12);;/q;;;;2*+2/p-4. The second-order valence-electron chi connectivity index (χ2n) is 13.0. The van der Waals surface area contributed by atoms with E-state index in [1.165, 1.54) is 128 Å². The molecule has 0 aromatic heterocycles. The van der Waals surface area contributed by atoms with E-state index in [2.05, 4.69) is 27.7 Å². The molecule has 0 aliphatic carbocycles. The number of unbranched alkanes of at least 4 members (excludes halogenated alkanes) is 24. The minimum absolute atomic E-state index is 0. The Morgan fingerprint density at radius 3 is 0.520 bits per heavy atom. The van der Waals surface area contributed by atoms with Crippen LogP contribution in [0.4, 0.5) is 0 Å². The minimum atomic E-state index is -0.913. The first-order chi connectivity index (χ1) is 23.1. The second kappa shape index (κ2) is 57.3. The Balaban J connectivity index is -0.000000127. The summed E-state index contributed by atoms with van der Waals surface area (Å²) in [5.41, 5.74) is 0. The average Bonchev–Trinajstić information content (AvgIpc) is 3.03. The van der Waals surface area contributed by atoms with Crippen LogP contribution in [-0.4, -0.2) is 23.9 Å². The van der Waals surface area contributed by atoms with Crippen molar-refractivity contribution in [2.75, 3.05) is 0 Å². The molecule has 0 fully saturated rings. The molecule has 0 unspecified atom stereocenters. The third kappa shape index (κ3) is 81.1. The molecule has 0 aliphatic heterocycles. The van der Waals surface area contributed by atoms with E-state index >= 15 is 0 Å². The maximum absolute atomic E-state index is 10.0. The van der Waals surface area contributed by atoms with Gasteiger partial charge in [0.25, 0.3) is 0 Å². The van der Waals surface area contributed by atoms with Crippen molar-refractivity contribution in [2.45, 2.75) is 233 Å². The van der Waals surface area contributed by atoms with Crippen molar-refractivity contribution in [3.05, 3.63) is 0 Å². The maximum Gasteiger partial charge on any atom is 2.00 e. The average molecular weight is 800 g/mol. The Bertz CT molecular complexity index is 568. The number of carboxylic acids is 4. The number of rotatable bonds is 32. The molecule has 10 heteroatoms. The molecule has 0 aliphatic rings. The zero-order chi connectivity index (χ0) is 36.9. The third-order valence-electron chi connectivity index (χ3n) is 7.94. The van der Waals surface area contributed by atoms with E-state index in [0.717, 1.165) is 51.4 Å². The number of carboxylic acid groups (broad SMARTS) is 4. The van der Waals surface area contributed by atoms with E-state index < -0.39 is 23.9 Å². The first kappa shape index (κ1) is 61.0. The van der Waals surface area contributed by atoms with Gasteiger partial charge in [-0.3, -0.25) is 0 Å². The fourth-order valence-electron chi connectivity index (χ4n) is 4.91. The van der Waals surface area contributed by atoms with Crippen molar-refractivity contribution < 1.29 is 73.5 Å². The summed E-state index contributed by atoms with van der Waals surface area (Å²) >= 11 is 0. The second-order valence-corrected chi connectivity index (χ2v) is 13.0. The van der Waals surface area contributed by atoms with Crippen LogP contribution in [0.3, 0.4) is 0 Å². The number of aliphatic carboxylic acids is 4. The Hall–Kier alpha value is -1.09. The molecular formula is C40H76CoFeO8. The Morgan fingerprint density at radius 2 is 0.400 bits per heavy atom. The molecule has 8 nitrogen and oxygen atoms in total. The Labute approximate surface area is 329 Å². The van der Waals surface area contributed by atoms with E-state index in [1.54, 1.807) is 0 Å². The zero-order valence-electron chi connectivity index (χ0n) is 32.6. The van der Waals surface area contributed by atoms with Crippen LogP contribution in [0, 0.1) is 0 Å². The van der Waals surface area contributed by atoms with Gasteiger partial charge in [-0.05, 0) is 51.4 Å². The fraction of sp³-hybridized carbons (Fsp3) is 0.900. The monoisotopic (exact) mass is 799 g/mol. The molecule has 0 atom stereocenters. The molecule has 0 saturated carbocycles. The molecule has 0 heterocycles. The molecule has 301 valence electrons. The van der Waals surface area contributed by atoms with Crippen LogP contribution >= 0.6 is 0 Å². The molecule has 0 aromatic rings. The quantitative estimate of drug-likeness (QED) is 0.0500. The predicted molar refractivity (Wildman–Crippen MR) is 190 cm³/mol. The zero-order valence-corrected chi connectivity index (χ0v) is 34.7. The van der Waals surface area contributed by atoms with Crippen LogP contribution < -0.4 is 20.4 Å². The van der Waals surface area contributed by atoms with E-state index in [-0.39, 0.29) is 59.5 Å². The molecular weight excluding hydrogens is 723 g/mol. The van der Waals surface area contributed by atoms with Crippen molar-refractivity contribution in [3.63, 3.8) is 0 Å². The van der Waals surface area contributed by atoms with Crippen molar-refractivity contribution in [1.29, 1.82) is 0 Å². The first-order valence-electron chi connectivity index (χ1n) is 19.9. The number of carbonyl (C=O) groups is 4. The number of hydrogen-bond acceptors (Lipinski definition) is 8. The molecule has 0 spiro atoms. The van der Waals surface area contributed by atoms with Gasteiger partial charge in [0.2, 0.25) is 0 Å². The first-order valence-corrected chi connectivity index (χ1v) is 19.9. The van der Waals surface area contributed by atoms with Gasteiger partial charge in [0.1, 0.15) is 0 Å². The topological polar surface area (TPSA) is 161 Å².